The van der Waals surface area contributed by atoms with Crippen molar-refractivity contribution in [1.29, 1.82) is 0 Å². The molecule has 55 heavy (non-hydrogen) atoms. The number of carbonyl (C=O) groups excluding carboxylic acids is 1. The molecule has 0 aromatic heterocycles. The number of hydrogen-bond acceptors (Lipinski definition) is 11. The molecule has 0 bridgehead atoms. The van der Waals surface area contributed by atoms with Crippen molar-refractivity contribution >= 4 is 13.7 Å². The minimum absolute atomic E-state index is 0.266. The summed E-state index contributed by atoms with van der Waals surface area (Å²) in [6, 6.07) is -1.16. The average Bonchev–Trinajstić information content (AvgIpc) is 3.15. The quantitative estimate of drug-likeness (QED) is 0.0197. The number of rotatable bonds is 35. The summed E-state index contributed by atoms with van der Waals surface area (Å²) < 4.78 is 22.8. The molecule has 13 nitrogen and oxygen atoms in total. The molecule has 9 N–H and O–H groups in total. The van der Waals surface area contributed by atoms with Gasteiger partial charge in [0.25, 0.3) is 0 Å². The third kappa shape index (κ3) is 24.5. The summed E-state index contributed by atoms with van der Waals surface area (Å²) in [5.41, 5.74) is 0. The van der Waals surface area contributed by atoms with E-state index in [1.807, 2.05) is 12.2 Å². The second kappa shape index (κ2) is 32.0. The number of hydrogen-bond donors (Lipinski definition) is 9. The number of amides is 1. The van der Waals surface area contributed by atoms with E-state index in [0.29, 0.717) is 6.42 Å². The molecular formula is C41H80NO12P. The van der Waals surface area contributed by atoms with Gasteiger partial charge in [-0.1, -0.05) is 161 Å². The molecule has 14 heteroatoms. The van der Waals surface area contributed by atoms with Gasteiger partial charge in [-0.05, 0) is 25.7 Å². The van der Waals surface area contributed by atoms with Gasteiger partial charge < -0.3 is 46.0 Å². The van der Waals surface area contributed by atoms with E-state index in [-0.39, 0.29) is 19.3 Å². The van der Waals surface area contributed by atoms with Gasteiger partial charge in [-0.25, -0.2) is 4.57 Å². The topological polar surface area (TPSA) is 226 Å². The van der Waals surface area contributed by atoms with Crippen molar-refractivity contribution in [1.82, 2.24) is 5.32 Å². The lowest BCUT2D eigenvalue weighted by atomic mass is 9.85. The highest BCUT2D eigenvalue weighted by molar-refractivity contribution is 7.47. The van der Waals surface area contributed by atoms with Crippen LogP contribution >= 0.6 is 7.82 Å². The zero-order valence-corrected chi connectivity index (χ0v) is 35.0. The Kier molecular flexibility index (Phi) is 30.3. The maximum absolute atomic E-state index is 12.9. The zero-order chi connectivity index (χ0) is 40.9. The van der Waals surface area contributed by atoms with E-state index in [1.165, 1.54) is 89.9 Å². The lowest BCUT2D eigenvalue weighted by Crippen LogP contribution is -2.64. The molecule has 0 saturated heterocycles. The van der Waals surface area contributed by atoms with E-state index in [0.717, 1.165) is 51.4 Å². The third-order valence-electron chi connectivity index (χ3n) is 10.6. The van der Waals surface area contributed by atoms with Crippen LogP contribution in [0.1, 0.15) is 181 Å². The van der Waals surface area contributed by atoms with Crippen molar-refractivity contribution in [2.24, 2.45) is 0 Å². The van der Waals surface area contributed by atoms with Crippen molar-refractivity contribution in [3.05, 3.63) is 12.2 Å². The van der Waals surface area contributed by atoms with E-state index in [4.69, 9.17) is 9.05 Å². The van der Waals surface area contributed by atoms with Gasteiger partial charge in [0.15, 0.2) is 0 Å². The summed E-state index contributed by atoms with van der Waals surface area (Å²) in [6.45, 7) is 3.70. The van der Waals surface area contributed by atoms with Gasteiger partial charge in [-0.2, -0.15) is 0 Å². The first kappa shape index (κ1) is 52.1. The molecule has 0 aromatic rings. The smallest absolute Gasteiger partial charge is 0.392 e. The van der Waals surface area contributed by atoms with E-state index >= 15 is 0 Å². The Morgan fingerprint density at radius 2 is 1.05 bits per heavy atom. The Morgan fingerprint density at radius 3 is 1.53 bits per heavy atom. The zero-order valence-electron chi connectivity index (χ0n) is 34.1. The molecule has 0 aliphatic heterocycles. The Labute approximate surface area is 331 Å². The lowest BCUT2D eigenvalue weighted by Gasteiger charge is -2.41. The van der Waals surface area contributed by atoms with Gasteiger partial charge in [0.05, 0.1) is 31.3 Å². The van der Waals surface area contributed by atoms with Gasteiger partial charge >= 0.3 is 7.82 Å². The number of aliphatic hydroxyl groups excluding tert-OH is 7. The van der Waals surface area contributed by atoms with Crippen LogP contribution in [0, 0.1) is 0 Å². The van der Waals surface area contributed by atoms with Crippen LogP contribution in [0.5, 0.6) is 0 Å². The van der Waals surface area contributed by atoms with Gasteiger partial charge in [-0.3, -0.25) is 13.8 Å². The summed E-state index contributed by atoms with van der Waals surface area (Å²) in [5, 5.41) is 74.2. The maximum atomic E-state index is 12.9. The van der Waals surface area contributed by atoms with Crippen LogP contribution in [-0.2, 0) is 18.4 Å². The summed E-state index contributed by atoms with van der Waals surface area (Å²) in [5.74, 6) is -0.596. The van der Waals surface area contributed by atoms with Crippen LogP contribution in [0.2, 0.25) is 0 Å². The van der Waals surface area contributed by atoms with Crippen molar-refractivity contribution in [2.75, 3.05) is 6.61 Å². The monoisotopic (exact) mass is 810 g/mol. The average molecular weight is 810 g/mol. The minimum Gasteiger partial charge on any atom is -0.392 e. The van der Waals surface area contributed by atoms with Crippen LogP contribution in [0.15, 0.2) is 12.2 Å². The number of nitrogens with one attached hydrogen (secondary N) is 1. The number of phosphoric acid groups is 1. The largest absolute Gasteiger partial charge is 0.472 e. The Bertz CT molecular complexity index is 1010. The molecule has 0 aromatic carbocycles. The third-order valence-corrected chi connectivity index (χ3v) is 11.6. The van der Waals surface area contributed by atoms with E-state index in [2.05, 4.69) is 19.2 Å². The fraction of sp³-hybridized carbons (Fsp3) is 0.927. The Balaban J connectivity index is 2.52. The number of phosphoric ester groups is 1. The number of allylic oxidation sites excluding steroid dienone is 1. The van der Waals surface area contributed by atoms with E-state index in [9.17, 15) is 50.0 Å². The van der Waals surface area contributed by atoms with Gasteiger partial charge in [-0.15, -0.1) is 0 Å². The predicted molar refractivity (Wildman–Crippen MR) is 215 cm³/mol. The molecular weight excluding hydrogens is 729 g/mol. The van der Waals surface area contributed by atoms with Crippen LogP contribution in [0.4, 0.5) is 0 Å². The molecule has 8 atom stereocenters. The van der Waals surface area contributed by atoms with E-state index in [1.54, 1.807) is 0 Å². The summed E-state index contributed by atoms with van der Waals surface area (Å²) in [4.78, 5) is 23.3. The highest BCUT2D eigenvalue weighted by Gasteiger charge is 2.51. The Hall–Kier alpha value is -0.960. The van der Waals surface area contributed by atoms with Gasteiger partial charge in [0.2, 0.25) is 5.91 Å². The second-order valence-corrected chi connectivity index (χ2v) is 17.1. The standard InChI is InChI=1S/C41H80NO12P/c1-3-5-7-9-11-12-13-14-15-16-17-18-19-20-21-23-25-27-29-34(44)33(42-35(45)30-32(43)28-26-24-22-10-8-6-4-2)31-53-55(51,52)54-41-39(49)37(47)36(46)38(48)40(41)50/h24,26,32-34,36-41,43-44,46-50H,3-23,25,27-31H2,1-2H3,(H,42,45)(H,51,52)/b26-24-. The molecule has 1 aliphatic carbocycles. The van der Waals surface area contributed by atoms with Crippen LogP contribution < -0.4 is 5.32 Å². The minimum atomic E-state index is -5.11. The first-order valence-corrected chi connectivity index (χ1v) is 23.2. The second-order valence-electron chi connectivity index (χ2n) is 15.7. The first-order valence-electron chi connectivity index (χ1n) is 21.7. The number of aliphatic hydroxyl groups is 7. The van der Waals surface area contributed by atoms with Crippen molar-refractivity contribution < 1.29 is 59.0 Å². The molecule has 1 saturated carbocycles. The summed E-state index contributed by atoms with van der Waals surface area (Å²) in [6.07, 6.45) is 17.4. The molecule has 1 rings (SSSR count). The van der Waals surface area contributed by atoms with Crippen molar-refractivity contribution in [2.45, 2.75) is 236 Å². The highest BCUT2D eigenvalue weighted by atomic mass is 31.2. The van der Waals surface area contributed by atoms with Crippen molar-refractivity contribution in [3.63, 3.8) is 0 Å². The molecule has 1 aliphatic rings. The number of unbranched alkanes of at least 4 members (excludes halogenated alkanes) is 21. The SMILES string of the molecule is CCCCCC/C=C\CC(O)CC(=O)NC(COP(=O)(O)OC1C(O)C(O)C(O)C(O)C1O)C(O)CCCCCCCCCCCCCCCCCCCC. The summed E-state index contributed by atoms with van der Waals surface area (Å²) >= 11 is 0. The maximum Gasteiger partial charge on any atom is 0.472 e. The lowest BCUT2D eigenvalue weighted by molar-refractivity contribution is -0.220. The fourth-order valence-corrected chi connectivity index (χ4v) is 7.98. The van der Waals surface area contributed by atoms with Crippen LogP contribution in [0.3, 0.4) is 0 Å². The van der Waals surface area contributed by atoms with Gasteiger partial charge in [0, 0.05) is 0 Å². The van der Waals surface area contributed by atoms with Crippen molar-refractivity contribution in [3.8, 4) is 0 Å². The first-order chi connectivity index (χ1) is 26.3. The molecule has 0 radical (unpaired) electrons. The molecule has 1 fully saturated rings. The van der Waals surface area contributed by atoms with Crippen LogP contribution in [-0.4, -0.2) is 108 Å². The summed E-state index contributed by atoms with van der Waals surface area (Å²) in [7, 11) is -5.11. The fourth-order valence-electron chi connectivity index (χ4n) is 7.01. The normalized spacial score (nSPS) is 24.5. The molecule has 8 unspecified atom stereocenters. The molecule has 1 amide bonds. The predicted octanol–water partition coefficient (Wildman–Crippen LogP) is 6.25. The van der Waals surface area contributed by atoms with Gasteiger partial charge in [0.1, 0.15) is 36.6 Å². The van der Waals surface area contributed by atoms with Crippen LogP contribution in [0.25, 0.3) is 0 Å². The number of carbonyl (C=O) groups is 1. The molecule has 326 valence electrons. The highest BCUT2D eigenvalue weighted by Crippen LogP contribution is 2.47. The van der Waals surface area contributed by atoms with E-state index < -0.39 is 75.2 Å². The molecule has 0 heterocycles. The molecule has 0 spiro atoms. The Morgan fingerprint density at radius 1 is 0.636 bits per heavy atom.